The molecule has 0 N–H and O–H groups in total. The molecule has 0 radical (unpaired) electrons. The molecule has 1 aliphatic rings. The third-order valence-corrected chi connectivity index (χ3v) is 3.66. The molecule has 1 aliphatic heterocycles. The van der Waals surface area contributed by atoms with Crippen LogP contribution in [-0.4, -0.2) is 38.0 Å². The van der Waals surface area contributed by atoms with Crippen molar-refractivity contribution in [2.75, 3.05) is 30.0 Å². The Morgan fingerprint density at radius 2 is 1.65 bits per heavy atom. The Morgan fingerprint density at radius 3 is 2.22 bits per heavy atom. The summed E-state index contributed by atoms with van der Waals surface area (Å²) in [6.07, 6.45) is 2.29. The summed E-state index contributed by atoms with van der Waals surface area (Å²) in [4.78, 5) is 38.9. The van der Waals surface area contributed by atoms with Crippen LogP contribution in [0.5, 0.6) is 0 Å². The number of hydrogen-bond acceptors (Lipinski definition) is 4. The first-order valence-electron chi connectivity index (χ1n) is 7.38. The van der Waals surface area contributed by atoms with Crippen molar-refractivity contribution in [1.29, 1.82) is 0 Å². The number of methoxy groups -OCH3 is 1. The maximum atomic E-state index is 12.5. The van der Waals surface area contributed by atoms with E-state index in [0.717, 1.165) is 6.08 Å². The number of nitrogens with zero attached hydrogens (tertiary/aromatic N) is 2. The molecule has 1 heterocycles. The lowest BCUT2D eigenvalue weighted by Gasteiger charge is -2.23. The van der Waals surface area contributed by atoms with Crippen LogP contribution >= 0.6 is 0 Å². The fourth-order valence-electron chi connectivity index (χ4n) is 2.60. The molecule has 1 atom stereocenters. The Hall–Kier alpha value is -2.63. The minimum atomic E-state index is -0.583. The Balaban J connectivity index is 2.40. The van der Waals surface area contributed by atoms with Crippen molar-refractivity contribution >= 4 is 29.2 Å². The Morgan fingerprint density at radius 1 is 1.09 bits per heavy atom. The number of para-hydroxylation sites is 2. The standard InChI is InChI=1S/C17H20N2O4/c1-12-10-18(13(2)20)14-6-4-5-7-15(14)19(11-12)16(21)8-9-17(22)23-3/h4-9,12H,10-11H2,1-3H3/b9-8+. The average Bonchev–Trinajstić information content (AvgIpc) is 2.69. The van der Waals surface area contributed by atoms with Gasteiger partial charge in [0.15, 0.2) is 0 Å². The molecule has 0 fully saturated rings. The van der Waals surface area contributed by atoms with Crippen LogP contribution in [0.25, 0.3) is 0 Å². The highest BCUT2D eigenvalue weighted by atomic mass is 16.5. The minimum Gasteiger partial charge on any atom is -0.466 e. The summed E-state index contributed by atoms with van der Waals surface area (Å²) in [5.74, 6) is -0.870. The first-order valence-corrected chi connectivity index (χ1v) is 7.38. The molecule has 0 spiro atoms. The van der Waals surface area contributed by atoms with Gasteiger partial charge in [-0.15, -0.1) is 0 Å². The predicted molar refractivity (Wildman–Crippen MR) is 87.1 cm³/mol. The zero-order valence-corrected chi connectivity index (χ0v) is 13.5. The SMILES string of the molecule is COC(=O)/C=C/C(=O)N1CC(C)CN(C(C)=O)c2ccccc21. The van der Waals surface area contributed by atoms with Gasteiger partial charge in [-0.05, 0) is 18.1 Å². The summed E-state index contributed by atoms with van der Waals surface area (Å²) < 4.78 is 4.50. The molecule has 1 aromatic rings. The first-order chi connectivity index (χ1) is 10.9. The largest absolute Gasteiger partial charge is 0.466 e. The van der Waals surface area contributed by atoms with Crippen molar-refractivity contribution < 1.29 is 19.1 Å². The summed E-state index contributed by atoms with van der Waals surface area (Å²) >= 11 is 0. The van der Waals surface area contributed by atoms with Crippen LogP contribution in [0.1, 0.15) is 13.8 Å². The second-order valence-electron chi connectivity index (χ2n) is 5.53. The Kier molecular flexibility index (Phi) is 5.16. The fourth-order valence-corrected chi connectivity index (χ4v) is 2.60. The molecule has 1 aromatic carbocycles. The van der Waals surface area contributed by atoms with Gasteiger partial charge < -0.3 is 14.5 Å². The fraction of sp³-hybridized carbons (Fsp3) is 0.353. The van der Waals surface area contributed by atoms with Gasteiger partial charge in [0.05, 0.1) is 18.5 Å². The molecular formula is C17H20N2O4. The van der Waals surface area contributed by atoms with Crippen LogP contribution in [0, 0.1) is 5.92 Å². The maximum absolute atomic E-state index is 12.5. The van der Waals surface area contributed by atoms with E-state index in [9.17, 15) is 14.4 Å². The molecule has 2 rings (SSSR count). The Bertz CT molecular complexity index is 654. The number of anilines is 2. The van der Waals surface area contributed by atoms with Crippen LogP contribution in [0.2, 0.25) is 0 Å². The zero-order chi connectivity index (χ0) is 17.0. The van der Waals surface area contributed by atoms with E-state index in [-0.39, 0.29) is 17.7 Å². The summed E-state index contributed by atoms with van der Waals surface area (Å²) in [5.41, 5.74) is 1.36. The molecule has 1 unspecified atom stereocenters. The topological polar surface area (TPSA) is 66.9 Å². The van der Waals surface area contributed by atoms with Gasteiger partial charge in [0.2, 0.25) is 5.91 Å². The molecule has 0 aliphatic carbocycles. The highest BCUT2D eigenvalue weighted by molar-refractivity contribution is 6.08. The zero-order valence-electron chi connectivity index (χ0n) is 13.5. The smallest absolute Gasteiger partial charge is 0.330 e. The lowest BCUT2D eigenvalue weighted by atomic mass is 10.1. The van der Waals surface area contributed by atoms with Gasteiger partial charge in [-0.25, -0.2) is 4.79 Å². The van der Waals surface area contributed by atoms with E-state index >= 15 is 0 Å². The number of carbonyl (C=O) groups excluding carboxylic acids is 3. The van der Waals surface area contributed by atoms with E-state index < -0.39 is 5.97 Å². The molecule has 2 amide bonds. The van der Waals surface area contributed by atoms with E-state index in [4.69, 9.17) is 0 Å². The van der Waals surface area contributed by atoms with E-state index in [1.54, 1.807) is 15.9 Å². The van der Waals surface area contributed by atoms with Crippen LogP contribution < -0.4 is 9.80 Å². The average molecular weight is 316 g/mol. The Labute approximate surface area is 135 Å². The molecular weight excluding hydrogens is 296 g/mol. The molecule has 0 saturated carbocycles. The number of rotatable bonds is 2. The predicted octanol–water partition coefficient (Wildman–Crippen LogP) is 1.75. The summed E-state index contributed by atoms with van der Waals surface area (Å²) in [7, 11) is 1.26. The second-order valence-corrected chi connectivity index (χ2v) is 5.53. The van der Waals surface area contributed by atoms with E-state index in [1.165, 1.54) is 20.1 Å². The number of benzene rings is 1. The number of fused-ring (bicyclic) bond motifs is 1. The first kappa shape index (κ1) is 16.7. The van der Waals surface area contributed by atoms with Crippen molar-refractivity contribution in [3.8, 4) is 0 Å². The van der Waals surface area contributed by atoms with Crippen LogP contribution in [0.15, 0.2) is 36.4 Å². The van der Waals surface area contributed by atoms with Gasteiger partial charge in [0, 0.05) is 32.2 Å². The quantitative estimate of drug-likeness (QED) is 0.616. The number of amides is 2. The summed E-state index contributed by atoms with van der Waals surface area (Å²) in [5, 5.41) is 0. The molecule has 0 bridgehead atoms. The number of esters is 1. The van der Waals surface area contributed by atoms with Gasteiger partial charge in [0.25, 0.3) is 5.91 Å². The second kappa shape index (κ2) is 7.09. The third-order valence-electron chi connectivity index (χ3n) is 3.66. The van der Waals surface area contributed by atoms with Gasteiger partial charge >= 0.3 is 5.97 Å². The van der Waals surface area contributed by atoms with Crippen molar-refractivity contribution in [2.24, 2.45) is 5.92 Å². The molecule has 6 nitrogen and oxygen atoms in total. The normalized spacial score (nSPS) is 17.6. The summed E-state index contributed by atoms with van der Waals surface area (Å²) in [6, 6.07) is 7.27. The third kappa shape index (κ3) is 3.77. The molecule has 23 heavy (non-hydrogen) atoms. The maximum Gasteiger partial charge on any atom is 0.330 e. The van der Waals surface area contributed by atoms with Gasteiger partial charge in [-0.3, -0.25) is 9.59 Å². The van der Waals surface area contributed by atoms with Gasteiger partial charge in [-0.1, -0.05) is 19.1 Å². The lowest BCUT2D eigenvalue weighted by molar-refractivity contribution is -0.135. The van der Waals surface area contributed by atoms with E-state index in [2.05, 4.69) is 4.74 Å². The van der Waals surface area contributed by atoms with Crippen molar-refractivity contribution in [3.05, 3.63) is 36.4 Å². The number of hydrogen-bond donors (Lipinski definition) is 0. The molecule has 6 heteroatoms. The van der Waals surface area contributed by atoms with Crippen molar-refractivity contribution in [1.82, 2.24) is 0 Å². The minimum absolute atomic E-state index is 0.0660. The van der Waals surface area contributed by atoms with Gasteiger partial charge in [-0.2, -0.15) is 0 Å². The molecule has 0 saturated heterocycles. The monoisotopic (exact) mass is 316 g/mol. The highest BCUT2D eigenvalue weighted by Gasteiger charge is 2.28. The lowest BCUT2D eigenvalue weighted by Crippen LogP contribution is -2.35. The highest BCUT2D eigenvalue weighted by Crippen LogP contribution is 2.33. The summed E-state index contributed by atoms with van der Waals surface area (Å²) in [6.45, 7) is 4.49. The van der Waals surface area contributed by atoms with Crippen LogP contribution in [-0.2, 0) is 19.1 Å². The number of ether oxygens (including phenoxy) is 1. The molecule has 0 aromatic heterocycles. The van der Waals surface area contributed by atoms with E-state index in [0.29, 0.717) is 24.5 Å². The molecule has 122 valence electrons. The van der Waals surface area contributed by atoms with Crippen molar-refractivity contribution in [3.63, 3.8) is 0 Å². The van der Waals surface area contributed by atoms with Crippen molar-refractivity contribution in [2.45, 2.75) is 13.8 Å². The van der Waals surface area contributed by atoms with Gasteiger partial charge in [0.1, 0.15) is 0 Å². The van der Waals surface area contributed by atoms with E-state index in [1.807, 2.05) is 25.1 Å². The number of carbonyl (C=O) groups is 3. The van der Waals surface area contributed by atoms with Crippen LogP contribution in [0.3, 0.4) is 0 Å². The van der Waals surface area contributed by atoms with Crippen LogP contribution in [0.4, 0.5) is 11.4 Å².